The lowest BCUT2D eigenvalue weighted by molar-refractivity contribution is 0.820. The predicted octanol–water partition coefficient (Wildman–Crippen LogP) is 0.943. The summed E-state index contributed by atoms with van der Waals surface area (Å²) >= 11 is 0. The minimum absolute atomic E-state index is 0.0296. The Morgan fingerprint density at radius 3 is 2.31 bits per heavy atom. The highest BCUT2D eigenvalue weighted by Crippen LogP contribution is 2.09. The molecule has 0 amide bonds. The van der Waals surface area contributed by atoms with Gasteiger partial charge in [0.2, 0.25) is 0 Å². The number of hydrogen-bond donors (Lipinski definition) is 1. The van der Waals surface area contributed by atoms with Crippen LogP contribution in [0.2, 0.25) is 0 Å². The molecule has 0 bridgehead atoms. The van der Waals surface area contributed by atoms with Crippen molar-refractivity contribution in [2.24, 2.45) is 12.8 Å². The summed E-state index contributed by atoms with van der Waals surface area (Å²) in [6.45, 7) is 2.43. The quantitative estimate of drug-likeness (QED) is 0.814. The third kappa shape index (κ3) is 1.67. The molecule has 0 aliphatic carbocycles. The number of benzene rings is 1. The molecule has 16 heavy (non-hydrogen) atoms. The Bertz CT molecular complexity index is 549. The lowest BCUT2D eigenvalue weighted by atomic mass is 10.2. The van der Waals surface area contributed by atoms with E-state index in [9.17, 15) is 4.79 Å². The van der Waals surface area contributed by atoms with Gasteiger partial charge in [0.15, 0.2) is 0 Å². The van der Waals surface area contributed by atoms with Gasteiger partial charge >= 0.3 is 5.69 Å². The first-order valence-corrected chi connectivity index (χ1v) is 5.18. The van der Waals surface area contributed by atoms with Crippen molar-refractivity contribution in [3.63, 3.8) is 0 Å². The molecule has 4 heteroatoms. The van der Waals surface area contributed by atoms with Crippen LogP contribution >= 0.6 is 0 Å². The Morgan fingerprint density at radius 1 is 1.25 bits per heavy atom. The Hall–Kier alpha value is -1.81. The molecule has 0 saturated heterocycles. The second-order valence-electron chi connectivity index (χ2n) is 3.87. The number of hydrogen-bond acceptors (Lipinski definition) is 2. The fourth-order valence-corrected chi connectivity index (χ4v) is 1.80. The summed E-state index contributed by atoms with van der Waals surface area (Å²) in [4.78, 5) is 11.8. The van der Waals surface area contributed by atoms with Gasteiger partial charge in [0, 0.05) is 25.5 Å². The molecule has 0 radical (unpaired) electrons. The average molecular weight is 217 g/mol. The molecular formula is C12H15N3O. The van der Waals surface area contributed by atoms with Crippen LogP contribution in [0.4, 0.5) is 0 Å². The van der Waals surface area contributed by atoms with Crippen molar-refractivity contribution in [1.29, 1.82) is 0 Å². The summed E-state index contributed by atoms with van der Waals surface area (Å²) in [6.07, 6.45) is 1.82. The van der Waals surface area contributed by atoms with Gasteiger partial charge in [-0.05, 0) is 24.6 Å². The van der Waals surface area contributed by atoms with Gasteiger partial charge in [-0.2, -0.15) is 0 Å². The van der Waals surface area contributed by atoms with Crippen LogP contribution in [0.5, 0.6) is 0 Å². The Balaban J connectivity index is 2.54. The minimum Gasteiger partial charge on any atom is -0.326 e. The number of nitrogens with zero attached hydrogens (tertiary/aromatic N) is 2. The summed E-state index contributed by atoms with van der Waals surface area (Å²) in [7, 11) is 1.75. The maximum atomic E-state index is 11.8. The topological polar surface area (TPSA) is 53.0 Å². The maximum Gasteiger partial charge on any atom is 0.332 e. The second kappa shape index (κ2) is 3.98. The van der Waals surface area contributed by atoms with Gasteiger partial charge in [-0.25, -0.2) is 4.79 Å². The number of imidazole rings is 1. The highest BCUT2D eigenvalue weighted by atomic mass is 16.1. The van der Waals surface area contributed by atoms with Crippen LogP contribution in [0.25, 0.3) is 5.69 Å². The minimum atomic E-state index is -0.0296. The molecule has 1 aromatic heterocycles. The fourth-order valence-electron chi connectivity index (χ4n) is 1.80. The molecule has 4 nitrogen and oxygen atoms in total. The van der Waals surface area contributed by atoms with Crippen LogP contribution in [-0.2, 0) is 13.6 Å². The Morgan fingerprint density at radius 2 is 1.88 bits per heavy atom. The van der Waals surface area contributed by atoms with E-state index in [4.69, 9.17) is 5.73 Å². The predicted molar refractivity (Wildman–Crippen MR) is 63.6 cm³/mol. The molecule has 0 saturated carbocycles. The number of aryl methyl sites for hydroxylation is 2. The normalized spacial score (nSPS) is 10.7. The molecule has 0 spiro atoms. The zero-order chi connectivity index (χ0) is 11.7. The van der Waals surface area contributed by atoms with Crippen LogP contribution in [0.1, 0.15) is 11.3 Å². The standard InChI is InChI=1S/C12H15N3O/c1-9-8-14(2)12(16)15(9)11-5-3-10(7-13)4-6-11/h3-6,8H,7,13H2,1-2H3. The zero-order valence-corrected chi connectivity index (χ0v) is 9.47. The van der Waals surface area contributed by atoms with Crippen molar-refractivity contribution in [1.82, 2.24) is 9.13 Å². The van der Waals surface area contributed by atoms with Gasteiger partial charge in [0.25, 0.3) is 0 Å². The fraction of sp³-hybridized carbons (Fsp3) is 0.250. The van der Waals surface area contributed by atoms with Gasteiger partial charge in [0.1, 0.15) is 0 Å². The summed E-state index contributed by atoms with van der Waals surface area (Å²) in [5.74, 6) is 0. The van der Waals surface area contributed by atoms with Crippen LogP contribution in [0.15, 0.2) is 35.3 Å². The van der Waals surface area contributed by atoms with Crippen molar-refractivity contribution < 1.29 is 0 Å². The molecule has 2 N–H and O–H groups in total. The van der Waals surface area contributed by atoms with E-state index in [1.165, 1.54) is 0 Å². The molecule has 2 aromatic rings. The first-order chi connectivity index (χ1) is 7.63. The molecule has 0 aliphatic heterocycles. The molecule has 0 fully saturated rings. The van der Waals surface area contributed by atoms with Crippen molar-refractivity contribution in [2.75, 3.05) is 0 Å². The van der Waals surface area contributed by atoms with Gasteiger partial charge in [0.05, 0.1) is 5.69 Å². The van der Waals surface area contributed by atoms with E-state index in [1.54, 1.807) is 16.2 Å². The van der Waals surface area contributed by atoms with Gasteiger partial charge in [-0.1, -0.05) is 12.1 Å². The number of rotatable bonds is 2. The lowest BCUT2D eigenvalue weighted by Gasteiger charge is -2.04. The summed E-state index contributed by atoms with van der Waals surface area (Å²) in [5, 5.41) is 0. The molecule has 1 heterocycles. The molecule has 84 valence electrons. The van der Waals surface area contributed by atoms with E-state index in [2.05, 4.69) is 0 Å². The molecule has 0 unspecified atom stereocenters. The number of nitrogens with two attached hydrogens (primary N) is 1. The van der Waals surface area contributed by atoms with E-state index >= 15 is 0 Å². The first-order valence-electron chi connectivity index (χ1n) is 5.18. The third-order valence-corrected chi connectivity index (χ3v) is 2.66. The summed E-state index contributed by atoms with van der Waals surface area (Å²) < 4.78 is 3.26. The van der Waals surface area contributed by atoms with Gasteiger partial charge in [-0.3, -0.25) is 4.57 Å². The third-order valence-electron chi connectivity index (χ3n) is 2.66. The number of aromatic nitrogens is 2. The first kappa shape index (κ1) is 10.7. The second-order valence-corrected chi connectivity index (χ2v) is 3.87. The van der Waals surface area contributed by atoms with Crippen LogP contribution < -0.4 is 11.4 Å². The van der Waals surface area contributed by atoms with E-state index in [-0.39, 0.29) is 5.69 Å². The van der Waals surface area contributed by atoms with Crippen molar-refractivity contribution in [3.05, 3.63) is 52.2 Å². The molecule has 0 atom stereocenters. The van der Waals surface area contributed by atoms with Crippen molar-refractivity contribution in [3.8, 4) is 5.69 Å². The lowest BCUT2D eigenvalue weighted by Crippen LogP contribution is -2.21. The summed E-state index contributed by atoms with van der Waals surface area (Å²) in [5.41, 5.74) is 8.36. The smallest absolute Gasteiger partial charge is 0.326 e. The van der Waals surface area contributed by atoms with E-state index in [0.717, 1.165) is 16.9 Å². The molecule has 0 aliphatic rings. The largest absolute Gasteiger partial charge is 0.332 e. The van der Waals surface area contributed by atoms with Crippen LogP contribution in [-0.4, -0.2) is 9.13 Å². The highest BCUT2D eigenvalue weighted by molar-refractivity contribution is 5.36. The van der Waals surface area contributed by atoms with Crippen LogP contribution in [0, 0.1) is 6.92 Å². The zero-order valence-electron chi connectivity index (χ0n) is 9.47. The monoisotopic (exact) mass is 217 g/mol. The van der Waals surface area contributed by atoms with Crippen molar-refractivity contribution in [2.45, 2.75) is 13.5 Å². The van der Waals surface area contributed by atoms with Gasteiger partial charge < -0.3 is 10.3 Å². The summed E-state index contributed by atoms with van der Waals surface area (Å²) in [6, 6.07) is 7.70. The molecule has 2 rings (SSSR count). The van der Waals surface area contributed by atoms with E-state index in [1.807, 2.05) is 37.4 Å². The Kier molecular flexibility index (Phi) is 2.66. The highest BCUT2D eigenvalue weighted by Gasteiger charge is 2.06. The van der Waals surface area contributed by atoms with E-state index < -0.39 is 0 Å². The van der Waals surface area contributed by atoms with Crippen molar-refractivity contribution >= 4 is 0 Å². The van der Waals surface area contributed by atoms with Crippen LogP contribution in [0.3, 0.4) is 0 Å². The SMILES string of the molecule is Cc1cn(C)c(=O)n1-c1ccc(CN)cc1. The van der Waals surface area contributed by atoms with Gasteiger partial charge in [-0.15, -0.1) is 0 Å². The molecular weight excluding hydrogens is 202 g/mol. The van der Waals surface area contributed by atoms with E-state index in [0.29, 0.717) is 6.54 Å². The Labute approximate surface area is 93.9 Å². The average Bonchev–Trinajstić information content (AvgIpc) is 2.54. The maximum absolute atomic E-state index is 11.8. The molecule has 1 aromatic carbocycles.